The molecule has 1 aromatic carbocycles. The molecule has 1 N–H and O–H groups in total. The molecule has 0 aromatic heterocycles. The summed E-state index contributed by atoms with van der Waals surface area (Å²) in [6, 6.07) is 5.19. The number of nitrogens with zero attached hydrogens (tertiary/aromatic N) is 1. The van der Waals surface area contributed by atoms with E-state index in [2.05, 4.69) is 21.2 Å². The molecule has 17 heavy (non-hydrogen) atoms. The van der Waals surface area contributed by atoms with Crippen LogP contribution in [0, 0.1) is 16.0 Å². The zero-order valence-corrected chi connectivity index (χ0v) is 11.1. The summed E-state index contributed by atoms with van der Waals surface area (Å²) in [5, 5.41) is 14.1. The van der Waals surface area contributed by atoms with E-state index in [1.165, 1.54) is 19.3 Å². The average Bonchev–Trinajstić information content (AvgIpc) is 3.09. The Morgan fingerprint density at radius 2 is 2.24 bits per heavy atom. The van der Waals surface area contributed by atoms with Gasteiger partial charge in [-0.25, -0.2) is 0 Å². The molecule has 1 saturated carbocycles. The average molecular weight is 299 g/mol. The molecule has 0 amide bonds. The van der Waals surface area contributed by atoms with Crippen LogP contribution in [0.25, 0.3) is 0 Å². The van der Waals surface area contributed by atoms with E-state index in [9.17, 15) is 10.1 Å². The minimum atomic E-state index is -0.331. The Balaban J connectivity index is 1.91. The molecule has 1 aromatic rings. The standard InChI is InChI=1S/C12H15BrN2O2/c13-11-4-3-10(12(7-11)15(16)17)8-14-6-5-9-1-2-9/h3-4,7,9,14H,1-2,5-6,8H2. The highest BCUT2D eigenvalue weighted by molar-refractivity contribution is 9.10. The first-order valence-corrected chi connectivity index (χ1v) is 6.59. The molecule has 92 valence electrons. The Labute approximate surface area is 109 Å². The summed E-state index contributed by atoms with van der Waals surface area (Å²) in [5.74, 6) is 0.891. The van der Waals surface area contributed by atoms with Gasteiger partial charge in [-0.1, -0.05) is 28.8 Å². The van der Waals surface area contributed by atoms with Gasteiger partial charge in [0.2, 0.25) is 0 Å². The van der Waals surface area contributed by atoms with E-state index in [1.807, 2.05) is 6.07 Å². The fraction of sp³-hybridized carbons (Fsp3) is 0.500. The Hall–Kier alpha value is -0.940. The van der Waals surface area contributed by atoms with Gasteiger partial charge in [0, 0.05) is 22.6 Å². The zero-order valence-electron chi connectivity index (χ0n) is 9.49. The molecule has 0 bridgehead atoms. The lowest BCUT2D eigenvalue weighted by molar-refractivity contribution is -0.385. The van der Waals surface area contributed by atoms with Gasteiger partial charge in [0.25, 0.3) is 5.69 Å². The van der Waals surface area contributed by atoms with E-state index < -0.39 is 0 Å². The number of hydrogen-bond acceptors (Lipinski definition) is 3. The van der Waals surface area contributed by atoms with Crippen LogP contribution < -0.4 is 5.32 Å². The minimum Gasteiger partial charge on any atom is -0.312 e. The molecule has 1 aliphatic carbocycles. The lowest BCUT2D eigenvalue weighted by Gasteiger charge is -2.05. The minimum absolute atomic E-state index is 0.179. The van der Waals surface area contributed by atoms with Crippen LogP contribution >= 0.6 is 15.9 Å². The number of rotatable bonds is 6. The zero-order chi connectivity index (χ0) is 12.3. The van der Waals surface area contributed by atoms with Gasteiger partial charge < -0.3 is 5.32 Å². The highest BCUT2D eigenvalue weighted by Gasteiger charge is 2.20. The lowest BCUT2D eigenvalue weighted by Crippen LogP contribution is -2.16. The third-order valence-electron chi connectivity index (χ3n) is 2.99. The first-order chi connectivity index (χ1) is 8.16. The first kappa shape index (κ1) is 12.5. The molecule has 1 aliphatic rings. The van der Waals surface area contributed by atoms with Gasteiger partial charge in [-0.15, -0.1) is 0 Å². The third-order valence-corrected chi connectivity index (χ3v) is 3.48. The van der Waals surface area contributed by atoms with Crippen molar-refractivity contribution < 1.29 is 4.92 Å². The van der Waals surface area contributed by atoms with Crippen molar-refractivity contribution >= 4 is 21.6 Å². The highest BCUT2D eigenvalue weighted by Crippen LogP contribution is 2.31. The van der Waals surface area contributed by atoms with Gasteiger partial charge >= 0.3 is 0 Å². The lowest BCUT2D eigenvalue weighted by atomic mass is 10.2. The van der Waals surface area contributed by atoms with Crippen LogP contribution in [0.15, 0.2) is 22.7 Å². The van der Waals surface area contributed by atoms with E-state index >= 15 is 0 Å². The third kappa shape index (κ3) is 3.78. The number of benzene rings is 1. The number of hydrogen-bond donors (Lipinski definition) is 1. The van der Waals surface area contributed by atoms with Gasteiger partial charge in [-0.2, -0.15) is 0 Å². The van der Waals surface area contributed by atoms with Crippen molar-refractivity contribution in [3.63, 3.8) is 0 Å². The Morgan fingerprint density at radius 1 is 1.47 bits per heavy atom. The van der Waals surface area contributed by atoms with Crippen molar-refractivity contribution in [3.05, 3.63) is 38.3 Å². The number of halogens is 1. The van der Waals surface area contributed by atoms with Crippen LogP contribution in [0.4, 0.5) is 5.69 Å². The summed E-state index contributed by atoms with van der Waals surface area (Å²) in [7, 11) is 0. The predicted octanol–water partition coefficient (Wildman–Crippen LogP) is 3.25. The largest absolute Gasteiger partial charge is 0.312 e. The molecule has 0 atom stereocenters. The quantitative estimate of drug-likeness (QED) is 0.498. The summed E-state index contributed by atoms with van der Waals surface area (Å²) in [4.78, 5) is 10.6. The molecule has 5 heteroatoms. The van der Waals surface area contributed by atoms with Gasteiger partial charge in [0.05, 0.1) is 4.92 Å². The fourth-order valence-electron chi connectivity index (χ4n) is 1.79. The Morgan fingerprint density at radius 3 is 2.88 bits per heavy atom. The van der Waals surface area contributed by atoms with Crippen molar-refractivity contribution in [3.8, 4) is 0 Å². The molecular weight excluding hydrogens is 284 g/mol. The number of nitrogens with one attached hydrogen (secondary N) is 1. The monoisotopic (exact) mass is 298 g/mol. The molecule has 0 radical (unpaired) electrons. The van der Waals surface area contributed by atoms with Crippen molar-refractivity contribution in [1.82, 2.24) is 5.32 Å². The second-order valence-corrected chi connectivity index (χ2v) is 5.35. The summed E-state index contributed by atoms with van der Waals surface area (Å²) in [6.45, 7) is 1.51. The highest BCUT2D eigenvalue weighted by atomic mass is 79.9. The van der Waals surface area contributed by atoms with Gasteiger partial charge in [0.1, 0.15) is 0 Å². The van der Waals surface area contributed by atoms with Crippen LogP contribution in [0.1, 0.15) is 24.8 Å². The predicted molar refractivity (Wildman–Crippen MR) is 69.8 cm³/mol. The molecule has 1 fully saturated rings. The summed E-state index contributed by atoms with van der Waals surface area (Å²) in [5.41, 5.74) is 0.923. The van der Waals surface area contributed by atoms with Crippen molar-refractivity contribution in [2.75, 3.05) is 6.54 Å². The van der Waals surface area contributed by atoms with E-state index in [0.717, 1.165) is 22.5 Å². The van der Waals surface area contributed by atoms with Crippen LogP contribution in [0.2, 0.25) is 0 Å². The number of nitro benzene ring substituents is 1. The summed E-state index contributed by atoms with van der Waals surface area (Å²) >= 11 is 3.25. The normalized spacial score (nSPS) is 14.9. The Kier molecular flexibility index (Phi) is 4.12. The molecule has 0 saturated heterocycles. The van der Waals surface area contributed by atoms with E-state index in [-0.39, 0.29) is 10.6 Å². The molecule has 4 nitrogen and oxygen atoms in total. The maximum Gasteiger partial charge on any atom is 0.275 e. The van der Waals surface area contributed by atoms with Gasteiger partial charge in [0.15, 0.2) is 0 Å². The maximum atomic E-state index is 10.9. The smallest absolute Gasteiger partial charge is 0.275 e. The molecular formula is C12H15BrN2O2. The SMILES string of the molecule is O=[N+]([O-])c1cc(Br)ccc1CNCCC1CC1. The fourth-order valence-corrected chi connectivity index (χ4v) is 2.14. The van der Waals surface area contributed by atoms with Crippen LogP contribution in [0.5, 0.6) is 0 Å². The summed E-state index contributed by atoms with van der Waals surface area (Å²) < 4.78 is 0.742. The maximum absolute atomic E-state index is 10.9. The van der Waals surface area contributed by atoms with E-state index in [4.69, 9.17) is 0 Å². The van der Waals surface area contributed by atoms with Crippen molar-refractivity contribution in [1.29, 1.82) is 0 Å². The van der Waals surface area contributed by atoms with Crippen LogP contribution in [0.3, 0.4) is 0 Å². The molecule has 2 rings (SSSR count). The topological polar surface area (TPSA) is 55.2 Å². The van der Waals surface area contributed by atoms with Crippen molar-refractivity contribution in [2.45, 2.75) is 25.8 Å². The van der Waals surface area contributed by atoms with Crippen LogP contribution in [-0.4, -0.2) is 11.5 Å². The van der Waals surface area contributed by atoms with Gasteiger partial charge in [-0.3, -0.25) is 10.1 Å². The summed E-state index contributed by atoms with van der Waals surface area (Å²) in [6.07, 6.45) is 3.88. The van der Waals surface area contributed by atoms with Crippen LogP contribution in [-0.2, 0) is 6.54 Å². The Bertz CT molecular complexity index is 419. The van der Waals surface area contributed by atoms with Crippen molar-refractivity contribution in [2.24, 2.45) is 5.92 Å². The van der Waals surface area contributed by atoms with E-state index in [1.54, 1.807) is 12.1 Å². The van der Waals surface area contributed by atoms with Gasteiger partial charge in [-0.05, 0) is 31.0 Å². The number of nitro groups is 1. The molecule has 0 spiro atoms. The molecule has 0 aliphatic heterocycles. The second kappa shape index (κ2) is 5.60. The molecule has 0 unspecified atom stereocenters. The second-order valence-electron chi connectivity index (χ2n) is 4.44. The molecule has 0 heterocycles. The first-order valence-electron chi connectivity index (χ1n) is 5.80. The van der Waals surface area contributed by atoms with E-state index in [0.29, 0.717) is 6.54 Å².